The lowest BCUT2D eigenvalue weighted by molar-refractivity contribution is -0.128. The third-order valence-electron chi connectivity index (χ3n) is 2.21. The van der Waals surface area contributed by atoms with Crippen molar-refractivity contribution in [1.29, 1.82) is 0 Å². The van der Waals surface area contributed by atoms with Crippen molar-refractivity contribution in [3.05, 3.63) is 0 Å². The number of carbonyl (C=O) groups excluding carboxylic acids is 2. The molecule has 0 saturated carbocycles. The highest BCUT2D eigenvalue weighted by Crippen LogP contribution is 2.16. The highest BCUT2D eigenvalue weighted by atomic mass is 16.6. The molecule has 13 heavy (non-hydrogen) atoms. The molecule has 1 saturated heterocycles. The van der Waals surface area contributed by atoms with Crippen molar-refractivity contribution >= 4 is 11.9 Å². The van der Waals surface area contributed by atoms with Gasteiger partial charge < -0.3 is 4.74 Å². The third kappa shape index (κ3) is 2.44. The molecule has 0 N–H and O–H groups in total. The lowest BCUT2D eigenvalue weighted by Crippen LogP contribution is -2.52. The Hall–Kier alpha value is -1.06. The maximum atomic E-state index is 11.3. The van der Waals surface area contributed by atoms with E-state index in [1.165, 1.54) is 4.90 Å². The molecule has 0 atom stereocenters. The monoisotopic (exact) mass is 185 g/mol. The molecule has 0 aliphatic carbocycles. The van der Waals surface area contributed by atoms with Gasteiger partial charge in [-0.1, -0.05) is 6.92 Å². The molecule has 74 valence electrons. The quantitative estimate of drug-likeness (QED) is 0.649. The van der Waals surface area contributed by atoms with Crippen molar-refractivity contribution in [3.63, 3.8) is 0 Å². The second-order valence-electron chi connectivity index (χ2n) is 3.88. The lowest BCUT2D eigenvalue weighted by atomic mass is 10.1. The first-order valence-corrected chi connectivity index (χ1v) is 4.44. The van der Waals surface area contributed by atoms with Gasteiger partial charge in [0, 0.05) is 0 Å². The van der Waals surface area contributed by atoms with E-state index >= 15 is 0 Å². The van der Waals surface area contributed by atoms with Gasteiger partial charge in [-0.3, -0.25) is 9.69 Å². The Morgan fingerprint density at radius 3 is 2.46 bits per heavy atom. The minimum atomic E-state index is -0.435. The summed E-state index contributed by atoms with van der Waals surface area (Å²) < 4.78 is 5.17. The van der Waals surface area contributed by atoms with E-state index in [0.717, 1.165) is 6.42 Å². The Labute approximate surface area is 77.8 Å². The van der Waals surface area contributed by atoms with Gasteiger partial charge in [0.25, 0.3) is 0 Å². The van der Waals surface area contributed by atoms with Gasteiger partial charge >= 0.3 is 6.09 Å². The van der Waals surface area contributed by atoms with Crippen LogP contribution >= 0.6 is 0 Å². The summed E-state index contributed by atoms with van der Waals surface area (Å²) in [6, 6.07) is 0. The van der Waals surface area contributed by atoms with Crippen LogP contribution in [0, 0.1) is 0 Å². The van der Waals surface area contributed by atoms with Crippen molar-refractivity contribution in [2.75, 3.05) is 13.1 Å². The summed E-state index contributed by atoms with van der Waals surface area (Å²) in [4.78, 5) is 23.3. The van der Waals surface area contributed by atoms with Crippen molar-refractivity contribution in [2.45, 2.75) is 32.8 Å². The van der Waals surface area contributed by atoms with Crippen LogP contribution in [0.15, 0.2) is 0 Å². The van der Waals surface area contributed by atoms with Crippen LogP contribution in [0.1, 0.15) is 27.2 Å². The Bertz CT molecular complexity index is 227. The lowest BCUT2D eigenvalue weighted by Gasteiger charge is -2.32. The molecular weight excluding hydrogens is 170 g/mol. The molecule has 0 radical (unpaired) electrons. The molecule has 1 amide bonds. The second-order valence-corrected chi connectivity index (χ2v) is 3.88. The van der Waals surface area contributed by atoms with Crippen LogP contribution in [-0.4, -0.2) is 35.5 Å². The van der Waals surface area contributed by atoms with E-state index in [0.29, 0.717) is 0 Å². The summed E-state index contributed by atoms with van der Waals surface area (Å²) in [6.07, 6.45) is 0.381. The summed E-state index contributed by atoms with van der Waals surface area (Å²) in [5.41, 5.74) is -0.435. The van der Waals surface area contributed by atoms with E-state index in [4.69, 9.17) is 4.74 Å². The highest BCUT2D eigenvalue weighted by molar-refractivity contribution is 5.94. The number of Topliss-reactive ketones (excluding diaryl/α,β-unsaturated/α-hetero) is 1. The molecule has 0 bridgehead atoms. The van der Waals surface area contributed by atoms with E-state index in [1.807, 2.05) is 20.8 Å². The summed E-state index contributed by atoms with van der Waals surface area (Å²) in [5.74, 6) is 0.0891. The Morgan fingerprint density at radius 2 is 2.08 bits per heavy atom. The van der Waals surface area contributed by atoms with Crippen molar-refractivity contribution in [1.82, 2.24) is 4.90 Å². The zero-order valence-corrected chi connectivity index (χ0v) is 8.29. The molecule has 1 rings (SSSR count). The third-order valence-corrected chi connectivity index (χ3v) is 2.21. The zero-order chi connectivity index (χ0) is 10.1. The molecule has 0 aromatic rings. The maximum absolute atomic E-state index is 11.3. The molecule has 4 nitrogen and oxygen atoms in total. The summed E-state index contributed by atoms with van der Waals surface area (Å²) in [6.45, 7) is 6.07. The smallest absolute Gasteiger partial charge is 0.411 e. The summed E-state index contributed by atoms with van der Waals surface area (Å²) in [5, 5.41) is 0. The van der Waals surface area contributed by atoms with Crippen LogP contribution in [0.4, 0.5) is 4.79 Å². The molecule has 0 spiro atoms. The average Bonchev–Trinajstić information content (AvgIpc) is 1.98. The number of hydrogen-bond acceptors (Lipinski definition) is 3. The van der Waals surface area contributed by atoms with Gasteiger partial charge in [-0.05, 0) is 20.3 Å². The molecule has 1 fully saturated rings. The number of ether oxygens (including phenoxy) is 1. The number of nitrogens with zero attached hydrogens (tertiary/aromatic N) is 1. The SMILES string of the molecule is CCC(C)(C)OC(=O)N1CC(=O)C1. The van der Waals surface area contributed by atoms with E-state index in [1.54, 1.807) is 0 Å². The molecule has 1 aliphatic heterocycles. The van der Waals surface area contributed by atoms with E-state index in [2.05, 4.69) is 0 Å². The molecule has 0 unspecified atom stereocenters. The average molecular weight is 185 g/mol. The van der Waals surface area contributed by atoms with Gasteiger partial charge in [0.05, 0.1) is 13.1 Å². The maximum Gasteiger partial charge on any atom is 0.411 e. The van der Waals surface area contributed by atoms with Gasteiger partial charge in [-0.25, -0.2) is 4.79 Å². The minimum Gasteiger partial charge on any atom is -0.443 e. The van der Waals surface area contributed by atoms with Gasteiger partial charge in [0.15, 0.2) is 5.78 Å². The van der Waals surface area contributed by atoms with Crippen LogP contribution in [0.2, 0.25) is 0 Å². The molecule has 4 heteroatoms. The fourth-order valence-corrected chi connectivity index (χ4v) is 0.882. The predicted molar refractivity (Wildman–Crippen MR) is 47.4 cm³/mol. The fourth-order valence-electron chi connectivity index (χ4n) is 0.882. The number of ketones is 1. The fraction of sp³-hybridized carbons (Fsp3) is 0.778. The molecule has 1 heterocycles. The number of rotatable bonds is 2. The Balaban J connectivity index is 2.37. The minimum absolute atomic E-state index is 0.0891. The summed E-state index contributed by atoms with van der Waals surface area (Å²) in [7, 11) is 0. The molecular formula is C9H15NO3. The summed E-state index contributed by atoms with van der Waals surface area (Å²) >= 11 is 0. The first-order valence-electron chi connectivity index (χ1n) is 4.44. The van der Waals surface area contributed by atoms with Crippen molar-refractivity contribution < 1.29 is 14.3 Å². The number of hydrogen-bond donors (Lipinski definition) is 0. The normalized spacial score (nSPS) is 16.8. The van der Waals surface area contributed by atoms with Gasteiger partial charge in [0.2, 0.25) is 0 Å². The first-order chi connectivity index (χ1) is 5.94. The van der Waals surface area contributed by atoms with Crippen LogP contribution in [0.3, 0.4) is 0 Å². The van der Waals surface area contributed by atoms with E-state index in [9.17, 15) is 9.59 Å². The van der Waals surface area contributed by atoms with Gasteiger partial charge in [-0.15, -0.1) is 0 Å². The number of carbonyl (C=O) groups is 2. The highest BCUT2D eigenvalue weighted by Gasteiger charge is 2.32. The standard InChI is InChI=1S/C9H15NO3/c1-4-9(2,3)13-8(12)10-5-7(11)6-10/h4-6H2,1-3H3. The molecule has 0 aromatic heterocycles. The number of amides is 1. The van der Waals surface area contributed by atoms with Crippen LogP contribution in [0.5, 0.6) is 0 Å². The topological polar surface area (TPSA) is 46.6 Å². The second kappa shape index (κ2) is 3.36. The van der Waals surface area contributed by atoms with Crippen LogP contribution < -0.4 is 0 Å². The van der Waals surface area contributed by atoms with Crippen LogP contribution in [0.25, 0.3) is 0 Å². The number of likely N-dealkylation sites (tertiary alicyclic amines) is 1. The first kappa shape index (κ1) is 10.0. The largest absolute Gasteiger partial charge is 0.443 e. The van der Waals surface area contributed by atoms with Gasteiger partial charge in [-0.2, -0.15) is 0 Å². The Morgan fingerprint density at radius 1 is 1.54 bits per heavy atom. The van der Waals surface area contributed by atoms with Gasteiger partial charge in [0.1, 0.15) is 5.60 Å². The molecule has 1 aliphatic rings. The van der Waals surface area contributed by atoms with E-state index < -0.39 is 5.60 Å². The predicted octanol–water partition coefficient (Wildman–Crippen LogP) is 1.20. The Kier molecular flexibility index (Phi) is 2.59. The van der Waals surface area contributed by atoms with Crippen molar-refractivity contribution in [3.8, 4) is 0 Å². The van der Waals surface area contributed by atoms with Crippen LogP contribution in [-0.2, 0) is 9.53 Å². The van der Waals surface area contributed by atoms with E-state index in [-0.39, 0.29) is 25.0 Å². The zero-order valence-electron chi connectivity index (χ0n) is 8.29. The molecule has 0 aromatic carbocycles. The van der Waals surface area contributed by atoms with Crippen molar-refractivity contribution in [2.24, 2.45) is 0 Å².